The van der Waals surface area contributed by atoms with E-state index in [-0.39, 0.29) is 5.56 Å². The maximum Gasteiger partial charge on any atom is 0.165 e. The Balaban J connectivity index is 3.40. The highest BCUT2D eigenvalue weighted by atomic mass is 19.2. The minimum atomic E-state index is -1.07. The van der Waals surface area contributed by atoms with Gasteiger partial charge < -0.3 is 0 Å². The van der Waals surface area contributed by atoms with Gasteiger partial charge in [0.1, 0.15) is 5.82 Å². The van der Waals surface area contributed by atoms with Crippen molar-refractivity contribution in [2.45, 2.75) is 32.6 Å². The van der Waals surface area contributed by atoms with Crippen molar-refractivity contribution in [3.8, 4) is 0 Å². The lowest BCUT2D eigenvalue weighted by atomic mass is 9.81. The summed E-state index contributed by atoms with van der Waals surface area (Å²) in [6.45, 7) is 5.19. The van der Waals surface area contributed by atoms with Gasteiger partial charge in [-0.2, -0.15) is 0 Å². The fourth-order valence-electron chi connectivity index (χ4n) is 1.32. The molecule has 0 fully saturated rings. The van der Waals surface area contributed by atoms with Gasteiger partial charge in [-0.1, -0.05) is 20.8 Å². The third kappa shape index (κ3) is 1.76. The number of rotatable bonds is 2. The van der Waals surface area contributed by atoms with Crippen LogP contribution < -0.4 is 0 Å². The molecule has 0 saturated heterocycles. The lowest BCUT2D eigenvalue weighted by molar-refractivity contribution is 0.409. The predicted molar refractivity (Wildman–Crippen MR) is 49.6 cm³/mol. The molecule has 0 saturated carbocycles. The van der Waals surface area contributed by atoms with Crippen LogP contribution in [0.3, 0.4) is 0 Å². The second kappa shape index (κ2) is 3.64. The molecule has 3 heteroatoms. The number of hydrogen-bond donors (Lipinski definition) is 0. The maximum atomic E-state index is 13.3. The Morgan fingerprint density at radius 2 is 1.57 bits per heavy atom. The van der Waals surface area contributed by atoms with Crippen LogP contribution in [-0.4, -0.2) is 0 Å². The molecule has 0 unspecified atom stereocenters. The molecule has 78 valence electrons. The van der Waals surface area contributed by atoms with Gasteiger partial charge in [0.15, 0.2) is 11.6 Å². The summed E-state index contributed by atoms with van der Waals surface area (Å²) in [6, 6.07) is 1.77. The fraction of sp³-hybridized carbons (Fsp3) is 0.455. The Morgan fingerprint density at radius 1 is 1.07 bits per heavy atom. The molecule has 1 aromatic rings. The third-order valence-corrected chi connectivity index (χ3v) is 2.60. The molecule has 0 radical (unpaired) electrons. The van der Waals surface area contributed by atoms with E-state index in [0.717, 1.165) is 12.1 Å². The van der Waals surface area contributed by atoms with E-state index in [4.69, 9.17) is 0 Å². The molecule has 1 aromatic carbocycles. The molecule has 0 aliphatic rings. The highest BCUT2D eigenvalue weighted by Crippen LogP contribution is 2.31. The van der Waals surface area contributed by atoms with Crippen molar-refractivity contribution in [2.75, 3.05) is 0 Å². The minimum Gasteiger partial charge on any atom is -0.207 e. The molecule has 0 spiro atoms. The van der Waals surface area contributed by atoms with Crippen LogP contribution in [0, 0.1) is 17.5 Å². The molecule has 0 aliphatic heterocycles. The molecule has 0 N–H and O–H groups in total. The van der Waals surface area contributed by atoms with Crippen molar-refractivity contribution >= 4 is 0 Å². The summed E-state index contributed by atoms with van der Waals surface area (Å²) in [7, 11) is 0. The summed E-state index contributed by atoms with van der Waals surface area (Å²) in [4.78, 5) is 0. The fourth-order valence-corrected chi connectivity index (χ4v) is 1.32. The van der Waals surface area contributed by atoms with E-state index in [9.17, 15) is 13.2 Å². The molecule has 0 bridgehead atoms. The van der Waals surface area contributed by atoms with Crippen LogP contribution in [0.25, 0.3) is 0 Å². The molecule has 1 rings (SSSR count). The van der Waals surface area contributed by atoms with Crippen molar-refractivity contribution in [2.24, 2.45) is 0 Å². The Labute approximate surface area is 81.8 Å². The van der Waals surface area contributed by atoms with E-state index >= 15 is 0 Å². The van der Waals surface area contributed by atoms with E-state index < -0.39 is 22.9 Å². The summed E-state index contributed by atoms with van der Waals surface area (Å²) in [5.41, 5.74) is -0.851. The van der Waals surface area contributed by atoms with Gasteiger partial charge in [-0.25, -0.2) is 13.2 Å². The predicted octanol–water partition coefficient (Wildman–Crippen LogP) is 3.79. The van der Waals surface area contributed by atoms with Crippen molar-refractivity contribution in [3.05, 3.63) is 35.1 Å². The first-order chi connectivity index (χ1) is 6.40. The smallest absolute Gasteiger partial charge is 0.165 e. The average Bonchev–Trinajstić information content (AvgIpc) is 2.12. The van der Waals surface area contributed by atoms with Gasteiger partial charge in [0, 0.05) is 5.56 Å². The lowest BCUT2D eigenvalue weighted by Gasteiger charge is -2.24. The number of benzene rings is 1. The first-order valence-electron chi connectivity index (χ1n) is 4.54. The van der Waals surface area contributed by atoms with E-state index in [1.165, 1.54) is 0 Å². The lowest BCUT2D eigenvalue weighted by Crippen LogP contribution is -2.20. The molecule has 0 amide bonds. The molecule has 0 aromatic heterocycles. The van der Waals surface area contributed by atoms with Crippen molar-refractivity contribution < 1.29 is 13.2 Å². The van der Waals surface area contributed by atoms with Gasteiger partial charge >= 0.3 is 0 Å². The quantitative estimate of drug-likeness (QED) is 0.640. The van der Waals surface area contributed by atoms with Gasteiger partial charge in [0.25, 0.3) is 0 Å². The molecule has 0 aliphatic carbocycles. The highest BCUT2D eigenvalue weighted by Gasteiger charge is 2.27. The molecular weight excluding hydrogens is 189 g/mol. The summed E-state index contributed by atoms with van der Waals surface area (Å²) in [5, 5.41) is 0. The van der Waals surface area contributed by atoms with Gasteiger partial charge in [-0.05, 0) is 24.0 Å². The Morgan fingerprint density at radius 3 is 2.07 bits per heavy atom. The van der Waals surface area contributed by atoms with Gasteiger partial charge in [-0.15, -0.1) is 0 Å². The van der Waals surface area contributed by atoms with Crippen LogP contribution in [0.5, 0.6) is 0 Å². The zero-order valence-electron chi connectivity index (χ0n) is 8.50. The van der Waals surface area contributed by atoms with E-state index in [1.807, 2.05) is 6.92 Å². The molecular formula is C11H13F3. The topological polar surface area (TPSA) is 0 Å². The molecule has 0 nitrogen and oxygen atoms in total. The SMILES string of the molecule is CCC(C)(C)c1c(F)ccc(F)c1F. The highest BCUT2D eigenvalue weighted by molar-refractivity contribution is 5.28. The molecule has 0 heterocycles. The largest absolute Gasteiger partial charge is 0.207 e. The Hall–Kier alpha value is -0.990. The summed E-state index contributed by atoms with van der Waals surface area (Å²) >= 11 is 0. The number of halogens is 3. The monoisotopic (exact) mass is 202 g/mol. The standard InChI is InChI=1S/C11H13F3/c1-4-11(2,3)9-7(12)5-6-8(13)10(9)14/h5-6H,4H2,1-3H3. The van der Waals surface area contributed by atoms with E-state index in [1.54, 1.807) is 13.8 Å². The van der Waals surface area contributed by atoms with Crippen LogP contribution in [0.15, 0.2) is 12.1 Å². The first kappa shape index (κ1) is 11.1. The minimum absolute atomic E-state index is 0.167. The van der Waals surface area contributed by atoms with Crippen LogP contribution in [-0.2, 0) is 5.41 Å². The zero-order valence-corrected chi connectivity index (χ0v) is 8.50. The zero-order chi connectivity index (χ0) is 10.9. The van der Waals surface area contributed by atoms with Crippen LogP contribution in [0.2, 0.25) is 0 Å². The average molecular weight is 202 g/mol. The van der Waals surface area contributed by atoms with Crippen LogP contribution >= 0.6 is 0 Å². The summed E-state index contributed by atoms with van der Waals surface area (Å²) in [6.07, 6.45) is 0.546. The second-order valence-corrected chi connectivity index (χ2v) is 3.96. The van der Waals surface area contributed by atoms with Crippen LogP contribution in [0.1, 0.15) is 32.8 Å². The maximum absolute atomic E-state index is 13.3. The van der Waals surface area contributed by atoms with Gasteiger partial charge in [-0.3, -0.25) is 0 Å². The van der Waals surface area contributed by atoms with Crippen molar-refractivity contribution in [1.82, 2.24) is 0 Å². The van der Waals surface area contributed by atoms with E-state index in [0.29, 0.717) is 6.42 Å². The van der Waals surface area contributed by atoms with Crippen molar-refractivity contribution in [3.63, 3.8) is 0 Å². The Kier molecular flexibility index (Phi) is 2.88. The summed E-state index contributed by atoms with van der Waals surface area (Å²) < 4.78 is 39.5. The van der Waals surface area contributed by atoms with Gasteiger partial charge in [0.05, 0.1) is 0 Å². The molecule has 0 atom stereocenters. The third-order valence-electron chi connectivity index (χ3n) is 2.60. The van der Waals surface area contributed by atoms with Crippen LogP contribution in [0.4, 0.5) is 13.2 Å². The number of hydrogen-bond acceptors (Lipinski definition) is 0. The van der Waals surface area contributed by atoms with Gasteiger partial charge in [0.2, 0.25) is 0 Å². The first-order valence-corrected chi connectivity index (χ1v) is 4.54. The Bertz CT molecular complexity index is 343. The normalized spacial score (nSPS) is 11.9. The van der Waals surface area contributed by atoms with Crippen molar-refractivity contribution in [1.29, 1.82) is 0 Å². The van der Waals surface area contributed by atoms with E-state index in [2.05, 4.69) is 0 Å². The molecule has 14 heavy (non-hydrogen) atoms. The second-order valence-electron chi connectivity index (χ2n) is 3.96. The summed E-state index contributed by atoms with van der Waals surface area (Å²) in [5.74, 6) is -2.75.